The van der Waals surface area contributed by atoms with E-state index in [1.54, 1.807) is 0 Å². The first kappa shape index (κ1) is 15.3. The van der Waals surface area contributed by atoms with Crippen LogP contribution < -0.4 is 10.2 Å². The average molecular weight is 301 g/mol. The molecule has 2 rings (SSSR count). The number of hydrogen-bond donors (Lipinski definition) is 0. The highest BCUT2D eigenvalue weighted by atomic mass is 19.4. The molecule has 0 saturated heterocycles. The first-order valence-corrected chi connectivity index (χ1v) is 6.15. The van der Waals surface area contributed by atoms with E-state index in [-0.39, 0.29) is 0 Å². The van der Waals surface area contributed by atoms with Crippen LogP contribution in [0.4, 0.5) is 21.7 Å². The molecule has 0 radical (unpaired) electrons. The topological polar surface area (TPSA) is 9.23 Å². The number of hydrogen-bond acceptors (Lipinski definition) is 1. The fourth-order valence-corrected chi connectivity index (χ4v) is 1.88. The molecule has 21 heavy (non-hydrogen) atoms. The molecule has 0 heterocycles. The minimum absolute atomic E-state index is 0.404. The van der Waals surface area contributed by atoms with Crippen molar-refractivity contribution in [3.8, 4) is 5.75 Å². The van der Waals surface area contributed by atoms with Crippen LogP contribution in [0.2, 0.25) is 0 Å². The molecule has 0 aliphatic carbocycles. The van der Waals surface area contributed by atoms with Gasteiger partial charge in [0.1, 0.15) is 18.2 Å². The molecule has 1 nitrogen and oxygen atoms in total. The predicted molar refractivity (Wildman–Crippen MR) is 70.6 cm³/mol. The molecule has 0 atom stereocenters. The van der Waals surface area contributed by atoms with Crippen LogP contribution in [-0.2, 0) is 6.61 Å². The van der Waals surface area contributed by atoms with Gasteiger partial charge in [-0.05, 0) is 25.1 Å². The van der Waals surface area contributed by atoms with Gasteiger partial charge in [-0.2, -0.15) is 0 Å². The Morgan fingerprint density at radius 2 is 1.62 bits per heavy atom. The Kier molecular flexibility index (Phi) is 4.20. The summed E-state index contributed by atoms with van der Waals surface area (Å²) in [5, 5.41) is 0. The van der Waals surface area contributed by atoms with E-state index in [0.717, 1.165) is 24.3 Å². The van der Waals surface area contributed by atoms with Crippen molar-refractivity contribution in [3.05, 3.63) is 59.2 Å². The highest BCUT2D eigenvalue weighted by Crippen LogP contribution is 2.21. The Labute approximate surface area is 118 Å². The predicted octanol–water partition coefficient (Wildman–Crippen LogP) is 3.91. The fourth-order valence-electron chi connectivity index (χ4n) is 1.88. The average Bonchev–Trinajstić information content (AvgIpc) is 2.38. The highest BCUT2D eigenvalue weighted by molar-refractivity contribution is 6.74. The summed E-state index contributed by atoms with van der Waals surface area (Å²) in [6, 6.07) is 6.76. The maximum absolute atomic E-state index is 13.4. The van der Waals surface area contributed by atoms with Crippen LogP contribution >= 0.6 is 0 Å². The minimum atomic E-state index is -5.27. The van der Waals surface area contributed by atoms with Crippen molar-refractivity contribution in [3.63, 3.8) is 0 Å². The third kappa shape index (κ3) is 3.54. The summed E-state index contributed by atoms with van der Waals surface area (Å²) < 4.78 is 70.7. The summed E-state index contributed by atoms with van der Waals surface area (Å²) in [5.74, 6) is -2.15. The van der Waals surface area contributed by atoms with Crippen molar-refractivity contribution >= 4 is 12.4 Å². The summed E-state index contributed by atoms with van der Waals surface area (Å²) in [6.45, 7) is -4.36. The molecule has 0 amide bonds. The fraction of sp³-hybridized carbons (Fsp3) is 0.143. The molecule has 0 aromatic heterocycles. The smallest absolute Gasteiger partial charge is 0.492 e. The monoisotopic (exact) mass is 301 g/mol. The first-order chi connectivity index (χ1) is 9.79. The molecule has 2 aromatic carbocycles. The maximum atomic E-state index is 13.4. The number of benzene rings is 2. The number of rotatable bonds is 4. The molecule has 0 N–H and O–H groups in total. The van der Waals surface area contributed by atoms with Gasteiger partial charge in [0.05, 0.1) is 11.3 Å². The van der Waals surface area contributed by atoms with E-state index in [1.165, 1.54) is 19.1 Å². The molecule has 0 aliphatic rings. The van der Waals surface area contributed by atoms with E-state index in [4.69, 9.17) is 4.74 Å². The van der Waals surface area contributed by atoms with Gasteiger partial charge in [0.2, 0.25) is 0 Å². The lowest BCUT2D eigenvalue weighted by Gasteiger charge is -2.20. The van der Waals surface area contributed by atoms with E-state index in [2.05, 4.69) is 0 Å². The third-order valence-corrected chi connectivity index (χ3v) is 2.95. The van der Waals surface area contributed by atoms with E-state index in [9.17, 15) is 21.7 Å². The number of halogens is 5. The molecule has 0 aliphatic heterocycles. The van der Waals surface area contributed by atoms with Crippen molar-refractivity contribution in [1.82, 2.24) is 0 Å². The summed E-state index contributed by atoms with van der Waals surface area (Å²) in [4.78, 5) is 0. The third-order valence-electron chi connectivity index (χ3n) is 2.95. The van der Waals surface area contributed by atoms with Gasteiger partial charge < -0.3 is 17.7 Å². The van der Waals surface area contributed by atoms with Gasteiger partial charge in [-0.15, -0.1) is 0 Å². The summed E-state index contributed by atoms with van der Waals surface area (Å²) in [5.41, 5.74) is -0.890. The quantitative estimate of drug-likeness (QED) is 0.614. The second-order valence-corrected chi connectivity index (χ2v) is 4.60. The van der Waals surface area contributed by atoms with Crippen LogP contribution in [-0.4, -0.2) is 6.98 Å². The van der Waals surface area contributed by atoms with E-state index < -0.39 is 42.0 Å². The molecular formula is C14H11BF5O-. The van der Waals surface area contributed by atoms with Crippen molar-refractivity contribution in [2.75, 3.05) is 0 Å². The lowest BCUT2D eigenvalue weighted by atomic mass is 9.78. The van der Waals surface area contributed by atoms with Gasteiger partial charge in [0, 0.05) is 0 Å². The number of aryl methyl sites for hydroxylation is 1. The summed E-state index contributed by atoms with van der Waals surface area (Å²) in [7, 11) is 0. The van der Waals surface area contributed by atoms with Gasteiger partial charge in [-0.3, -0.25) is 0 Å². The van der Waals surface area contributed by atoms with Gasteiger partial charge >= 0.3 is 6.98 Å². The highest BCUT2D eigenvalue weighted by Gasteiger charge is 2.29. The van der Waals surface area contributed by atoms with Gasteiger partial charge in [-0.25, -0.2) is 8.78 Å². The van der Waals surface area contributed by atoms with Crippen molar-refractivity contribution in [2.45, 2.75) is 13.5 Å². The van der Waals surface area contributed by atoms with Gasteiger partial charge in [-0.1, -0.05) is 29.2 Å². The van der Waals surface area contributed by atoms with Gasteiger partial charge in [0.15, 0.2) is 0 Å². The Bertz CT molecular complexity index is 634. The van der Waals surface area contributed by atoms with E-state index >= 15 is 0 Å². The zero-order chi connectivity index (χ0) is 15.6. The zero-order valence-electron chi connectivity index (χ0n) is 11.0. The second-order valence-electron chi connectivity index (χ2n) is 4.60. The van der Waals surface area contributed by atoms with Gasteiger partial charge in [0.25, 0.3) is 0 Å². The standard InChI is InChI=1S/C14H11BF5O/c1-9-5-6-14(11(7-9)15(18,19)20)21-8-10-12(16)3-2-4-13(10)17/h2-7H,8H2,1H3/q-1. The Balaban J connectivity index is 2.29. The van der Waals surface area contributed by atoms with E-state index in [0.29, 0.717) is 5.56 Å². The van der Waals surface area contributed by atoms with Crippen LogP contribution in [0.15, 0.2) is 36.4 Å². The second kappa shape index (κ2) is 5.75. The lowest BCUT2D eigenvalue weighted by molar-refractivity contribution is 0.293. The van der Waals surface area contributed by atoms with Crippen molar-refractivity contribution in [2.24, 2.45) is 0 Å². The summed E-state index contributed by atoms with van der Waals surface area (Å²) in [6.07, 6.45) is 0. The molecule has 0 bridgehead atoms. The minimum Gasteiger partial charge on any atom is -0.492 e. The van der Waals surface area contributed by atoms with E-state index in [1.807, 2.05) is 0 Å². The van der Waals surface area contributed by atoms with Crippen molar-refractivity contribution in [1.29, 1.82) is 0 Å². The zero-order valence-corrected chi connectivity index (χ0v) is 11.0. The van der Waals surface area contributed by atoms with Crippen LogP contribution in [0.25, 0.3) is 0 Å². The Hall–Kier alpha value is -2.05. The SMILES string of the molecule is Cc1ccc(OCc2c(F)cccc2F)c([B-](F)(F)F)c1. The maximum Gasteiger partial charge on any atom is 0.513 e. The molecule has 2 aromatic rings. The van der Waals surface area contributed by atoms with Crippen LogP contribution in [0, 0.1) is 18.6 Å². The van der Waals surface area contributed by atoms with Crippen LogP contribution in [0.1, 0.15) is 11.1 Å². The molecule has 0 fully saturated rings. The lowest BCUT2D eigenvalue weighted by Crippen LogP contribution is -2.35. The molecule has 0 unspecified atom stereocenters. The molecule has 0 saturated carbocycles. The van der Waals surface area contributed by atoms with Crippen molar-refractivity contribution < 1.29 is 26.5 Å². The molecule has 0 spiro atoms. The molecule has 7 heteroatoms. The first-order valence-electron chi connectivity index (χ1n) is 6.15. The Morgan fingerprint density at radius 1 is 1.00 bits per heavy atom. The summed E-state index contributed by atoms with van der Waals surface area (Å²) >= 11 is 0. The van der Waals surface area contributed by atoms with Crippen LogP contribution in [0.3, 0.4) is 0 Å². The molecule has 112 valence electrons. The Morgan fingerprint density at radius 3 is 2.19 bits per heavy atom. The molecular weight excluding hydrogens is 290 g/mol. The number of ether oxygens (including phenoxy) is 1. The van der Waals surface area contributed by atoms with Crippen LogP contribution in [0.5, 0.6) is 5.75 Å². The normalized spacial score (nSPS) is 11.5. The largest absolute Gasteiger partial charge is 0.513 e.